The summed E-state index contributed by atoms with van der Waals surface area (Å²) in [6.07, 6.45) is 10.8. The molecular weight excluding hydrogens is 423 g/mol. The molecule has 5 rings (SSSR count). The number of aryl methyl sites for hydroxylation is 1. The highest BCUT2D eigenvalue weighted by molar-refractivity contribution is 5.94. The molecule has 0 N–H and O–H groups in total. The van der Waals surface area contributed by atoms with Crippen molar-refractivity contribution in [1.29, 1.82) is 0 Å². The predicted octanol–water partition coefficient (Wildman–Crippen LogP) is 6.52. The van der Waals surface area contributed by atoms with Crippen molar-refractivity contribution in [2.75, 3.05) is 32.7 Å². The molecule has 0 spiro atoms. The third-order valence-corrected chi connectivity index (χ3v) is 8.37. The number of alkyl halides is 1. The molecule has 2 aliphatic heterocycles. The molecule has 0 radical (unpaired) electrons. The van der Waals surface area contributed by atoms with Gasteiger partial charge in [-0.15, -0.1) is 0 Å². The van der Waals surface area contributed by atoms with E-state index >= 15 is 0 Å². The van der Waals surface area contributed by atoms with Crippen LogP contribution in [-0.2, 0) is 6.42 Å². The summed E-state index contributed by atoms with van der Waals surface area (Å²) in [5.74, 6) is 0.928. The minimum absolute atomic E-state index is 0.166. The van der Waals surface area contributed by atoms with Crippen molar-refractivity contribution < 1.29 is 9.18 Å². The van der Waals surface area contributed by atoms with E-state index in [1.165, 1.54) is 36.8 Å². The van der Waals surface area contributed by atoms with Crippen LogP contribution in [0.3, 0.4) is 0 Å². The van der Waals surface area contributed by atoms with Crippen LogP contribution in [0.25, 0.3) is 11.1 Å². The number of likely N-dealkylation sites (tertiary alicyclic amines) is 2. The van der Waals surface area contributed by atoms with Crippen LogP contribution < -0.4 is 0 Å². The second kappa shape index (κ2) is 10.6. The smallest absolute Gasteiger partial charge is 0.253 e. The summed E-state index contributed by atoms with van der Waals surface area (Å²) in [6, 6.07) is 17.0. The highest BCUT2D eigenvalue weighted by Gasteiger charge is 2.39. The standard InChI is InChI=1S/C30H39FN2O/c31-30(17-4-18-30)23-32-21-15-25(16-22-32)6-5-24-7-9-26(10-8-24)27-11-13-28(14-12-27)29(34)33-19-2-1-3-20-33/h7-14,25H,1-6,15-23H2. The van der Waals surface area contributed by atoms with E-state index in [0.717, 1.165) is 81.7 Å². The Labute approximate surface area is 204 Å². The minimum atomic E-state index is -0.877. The molecule has 2 aromatic rings. The lowest BCUT2D eigenvalue weighted by Gasteiger charge is -2.41. The van der Waals surface area contributed by atoms with Gasteiger partial charge in [-0.2, -0.15) is 0 Å². The fourth-order valence-corrected chi connectivity index (χ4v) is 5.87. The Balaban J connectivity index is 1.08. The molecule has 2 aromatic carbocycles. The van der Waals surface area contributed by atoms with E-state index in [4.69, 9.17) is 0 Å². The SMILES string of the molecule is O=C(c1ccc(-c2ccc(CCC3CCN(CC4(F)CCC4)CC3)cc2)cc1)N1CCCCC1. The van der Waals surface area contributed by atoms with Gasteiger partial charge in [0, 0.05) is 25.2 Å². The van der Waals surface area contributed by atoms with Crippen LogP contribution in [0.1, 0.15) is 73.7 Å². The summed E-state index contributed by atoms with van der Waals surface area (Å²) in [7, 11) is 0. The maximum atomic E-state index is 14.4. The number of hydrogen-bond donors (Lipinski definition) is 0. The third-order valence-electron chi connectivity index (χ3n) is 8.37. The zero-order valence-electron chi connectivity index (χ0n) is 20.5. The quantitative estimate of drug-likeness (QED) is 0.468. The van der Waals surface area contributed by atoms with E-state index in [1.807, 2.05) is 17.0 Å². The molecule has 1 amide bonds. The zero-order chi connectivity index (χ0) is 23.4. The van der Waals surface area contributed by atoms with E-state index in [-0.39, 0.29) is 5.91 Å². The molecule has 0 unspecified atom stereocenters. The van der Waals surface area contributed by atoms with Crippen LogP contribution >= 0.6 is 0 Å². The van der Waals surface area contributed by atoms with Crippen molar-refractivity contribution in [2.45, 2.75) is 69.9 Å². The van der Waals surface area contributed by atoms with Crippen molar-refractivity contribution in [3.05, 3.63) is 59.7 Å². The van der Waals surface area contributed by atoms with Gasteiger partial charge in [0.25, 0.3) is 5.91 Å². The van der Waals surface area contributed by atoms with Gasteiger partial charge in [0.05, 0.1) is 0 Å². The van der Waals surface area contributed by atoms with Gasteiger partial charge in [-0.25, -0.2) is 4.39 Å². The average molecular weight is 463 g/mol. The molecule has 4 heteroatoms. The summed E-state index contributed by atoms with van der Waals surface area (Å²) < 4.78 is 14.4. The van der Waals surface area contributed by atoms with Crippen LogP contribution in [0.5, 0.6) is 0 Å². The molecule has 2 heterocycles. The summed E-state index contributed by atoms with van der Waals surface area (Å²) in [6.45, 7) is 4.56. The molecule has 1 aliphatic carbocycles. The van der Waals surface area contributed by atoms with E-state index < -0.39 is 5.67 Å². The first-order chi connectivity index (χ1) is 16.6. The normalized spacial score (nSPS) is 21.3. The maximum Gasteiger partial charge on any atom is 0.253 e. The fraction of sp³-hybridized carbons (Fsp3) is 0.567. The molecule has 0 atom stereocenters. The number of piperidine rings is 2. The maximum absolute atomic E-state index is 14.4. The van der Waals surface area contributed by atoms with Gasteiger partial charge in [-0.1, -0.05) is 36.4 Å². The summed E-state index contributed by atoms with van der Waals surface area (Å²) in [4.78, 5) is 17.0. The number of hydrogen-bond acceptors (Lipinski definition) is 2. The number of carbonyl (C=O) groups excluding carboxylic acids is 1. The molecule has 34 heavy (non-hydrogen) atoms. The summed E-state index contributed by atoms with van der Waals surface area (Å²) >= 11 is 0. The number of halogens is 1. The monoisotopic (exact) mass is 462 g/mol. The Hall–Kier alpha value is -2.20. The molecule has 3 nitrogen and oxygen atoms in total. The topological polar surface area (TPSA) is 23.6 Å². The van der Waals surface area contributed by atoms with Crippen molar-refractivity contribution >= 4 is 5.91 Å². The lowest BCUT2D eigenvalue weighted by Crippen LogP contribution is -2.47. The van der Waals surface area contributed by atoms with Gasteiger partial charge in [-0.3, -0.25) is 4.79 Å². The highest BCUT2D eigenvalue weighted by Crippen LogP contribution is 2.37. The van der Waals surface area contributed by atoms with Crippen LogP contribution in [0.4, 0.5) is 4.39 Å². The Morgan fingerprint density at radius 2 is 1.44 bits per heavy atom. The Morgan fingerprint density at radius 3 is 2.03 bits per heavy atom. The Kier molecular flexibility index (Phi) is 7.34. The second-order valence-corrected chi connectivity index (χ2v) is 10.9. The van der Waals surface area contributed by atoms with Crippen molar-refractivity contribution in [3.8, 4) is 11.1 Å². The molecular formula is C30H39FN2O. The summed E-state index contributed by atoms with van der Waals surface area (Å²) in [5, 5.41) is 0. The fourth-order valence-electron chi connectivity index (χ4n) is 5.87. The third kappa shape index (κ3) is 5.71. The number of amides is 1. The molecule has 182 valence electrons. The highest BCUT2D eigenvalue weighted by atomic mass is 19.1. The van der Waals surface area contributed by atoms with Gasteiger partial charge in [0.2, 0.25) is 0 Å². The average Bonchev–Trinajstić information content (AvgIpc) is 2.88. The lowest BCUT2D eigenvalue weighted by atomic mass is 9.81. The van der Waals surface area contributed by atoms with Crippen LogP contribution in [0.2, 0.25) is 0 Å². The first-order valence-corrected chi connectivity index (χ1v) is 13.5. The van der Waals surface area contributed by atoms with Crippen molar-refractivity contribution in [1.82, 2.24) is 9.80 Å². The second-order valence-electron chi connectivity index (χ2n) is 10.9. The van der Waals surface area contributed by atoms with Crippen LogP contribution in [-0.4, -0.2) is 54.1 Å². The molecule has 0 bridgehead atoms. The molecule has 2 saturated heterocycles. The van der Waals surface area contributed by atoms with E-state index in [1.54, 1.807) is 0 Å². The number of carbonyl (C=O) groups is 1. The van der Waals surface area contributed by atoms with Gasteiger partial charge < -0.3 is 9.80 Å². The largest absolute Gasteiger partial charge is 0.339 e. The molecule has 0 aromatic heterocycles. The Bertz CT molecular complexity index is 937. The van der Waals surface area contributed by atoms with Crippen LogP contribution in [0, 0.1) is 5.92 Å². The van der Waals surface area contributed by atoms with E-state index in [2.05, 4.69) is 41.3 Å². The lowest BCUT2D eigenvalue weighted by molar-refractivity contribution is 0.00964. The first-order valence-electron chi connectivity index (χ1n) is 13.5. The van der Waals surface area contributed by atoms with Gasteiger partial charge in [-0.05, 0) is 112 Å². The van der Waals surface area contributed by atoms with Gasteiger partial charge in [0.1, 0.15) is 5.67 Å². The van der Waals surface area contributed by atoms with E-state index in [9.17, 15) is 9.18 Å². The molecule has 3 fully saturated rings. The van der Waals surface area contributed by atoms with E-state index in [0.29, 0.717) is 6.54 Å². The number of benzene rings is 2. The molecule has 1 saturated carbocycles. The number of nitrogens with zero attached hydrogens (tertiary/aromatic N) is 2. The van der Waals surface area contributed by atoms with Crippen molar-refractivity contribution in [2.24, 2.45) is 5.92 Å². The molecule has 3 aliphatic rings. The van der Waals surface area contributed by atoms with Gasteiger partial charge in [0.15, 0.2) is 0 Å². The summed E-state index contributed by atoms with van der Waals surface area (Å²) in [5.41, 5.74) is 3.66. The van der Waals surface area contributed by atoms with Crippen LogP contribution in [0.15, 0.2) is 48.5 Å². The zero-order valence-corrected chi connectivity index (χ0v) is 20.5. The van der Waals surface area contributed by atoms with Crippen molar-refractivity contribution in [3.63, 3.8) is 0 Å². The first kappa shape index (κ1) is 23.5. The Morgan fingerprint density at radius 1 is 0.824 bits per heavy atom. The number of rotatable bonds is 7. The minimum Gasteiger partial charge on any atom is -0.339 e. The predicted molar refractivity (Wildman–Crippen MR) is 137 cm³/mol. The van der Waals surface area contributed by atoms with Gasteiger partial charge >= 0.3 is 0 Å².